The van der Waals surface area contributed by atoms with Gasteiger partial charge < -0.3 is 12.8 Å². The number of rotatable bonds is 17. The Bertz CT molecular complexity index is 385. The Kier molecular flexibility index (Phi) is 21.5. The van der Waals surface area contributed by atoms with E-state index >= 15 is 0 Å². The zero-order chi connectivity index (χ0) is 18.5. The van der Waals surface area contributed by atoms with Crippen molar-refractivity contribution in [2.75, 3.05) is 0 Å². The molecule has 1 rings (SSSR count). The molecule has 0 spiro atoms. The van der Waals surface area contributed by atoms with E-state index in [0.29, 0.717) is 0 Å². The van der Waals surface area contributed by atoms with Crippen LogP contribution in [0.3, 0.4) is 0 Å². The molecule has 1 atom stereocenters. The van der Waals surface area contributed by atoms with Gasteiger partial charge in [0.15, 0.2) is 0 Å². The molecule has 1 unspecified atom stereocenters. The Hall–Kier alpha value is -0.417. The van der Waals surface area contributed by atoms with Crippen LogP contribution in [-0.4, -0.2) is 0 Å². The van der Waals surface area contributed by atoms with E-state index in [2.05, 4.69) is 55.9 Å². The zero-order valence-electron chi connectivity index (χ0n) is 17.4. The van der Waals surface area contributed by atoms with E-state index in [1.54, 1.807) is 0 Å². The third kappa shape index (κ3) is 18.7. The van der Waals surface area contributed by atoms with Crippen molar-refractivity contribution in [2.45, 2.75) is 96.3 Å². The second kappa shape index (κ2) is 21.9. The van der Waals surface area contributed by atoms with Gasteiger partial charge in [0.1, 0.15) is 0 Å². The molecular formula is C26H42Ru. The molecule has 0 N–H and O–H groups in total. The van der Waals surface area contributed by atoms with E-state index in [1.165, 1.54) is 89.9 Å². The predicted molar refractivity (Wildman–Crippen MR) is 119 cm³/mol. The van der Waals surface area contributed by atoms with E-state index in [1.807, 2.05) is 6.08 Å². The van der Waals surface area contributed by atoms with Crippen molar-refractivity contribution in [1.82, 2.24) is 0 Å². The van der Waals surface area contributed by atoms with Gasteiger partial charge in [-0.1, -0.05) is 55.4 Å². The Morgan fingerprint density at radius 2 is 1.22 bits per heavy atom. The summed E-state index contributed by atoms with van der Waals surface area (Å²) in [4.78, 5) is 0. The Balaban J connectivity index is 0.00000676. The summed E-state index contributed by atoms with van der Waals surface area (Å²) in [6.07, 6.45) is 40.3. The van der Waals surface area contributed by atoms with Crippen molar-refractivity contribution >= 4 is 0 Å². The summed E-state index contributed by atoms with van der Waals surface area (Å²) in [5.74, 6) is 0.823. The van der Waals surface area contributed by atoms with Crippen molar-refractivity contribution in [3.63, 3.8) is 0 Å². The summed E-state index contributed by atoms with van der Waals surface area (Å²) in [5.41, 5.74) is 0. The van der Waals surface area contributed by atoms with Crippen molar-refractivity contribution in [3.05, 3.63) is 62.0 Å². The fraction of sp³-hybridized carbons (Fsp3) is 0.615. The summed E-state index contributed by atoms with van der Waals surface area (Å²) < 4.78 is 0. The minimum absolute atomic E-state index is 0. The number of unbranched alkanes of at least 4 members (excludes halogenated alkanes) is 8. The monoisotopic (exact) mass is 456 g/mol. The maximum atomic E-state index is 3.75. The number of hydrogen-bond acceptors (Lipinski definition) is 0. The van der Waals surface area contributed by atoms with Crippen molar-refractivity contribution in [2.24, 2.45) is 5.92 Å². The molecule has 154 valence electrons. The molecule has 0 amide bonds. The average Bonchev–Trinajstić information content (AvgIpc) is 3.17. The van der Waals surface area contributed by atoms with Gasteiger partial charge in [0, 0.05) is 0 Å². The minimum atomic E-state index is 0. The molecule has 0 aromatic heterocycles. The first kappa shape index (κ1) is 26.6. The van der Waals surface area contributed by atoms with Gasteiger partial charge in [-0.25, -0.2) is 0 Å². The van der Waals surface area contributed by atoms with Crippen LogP contribution in [0.1, 0.15) is 96.3 Å². The molecule has 1 saturated carbocycles. The Morgan fingerprint density at radius 1 is 0.741 bits per heavy atom. The van der Waals surface area contributed by atoms with Crippen LogP contribution in [0.5, 0.6) is 0 Å². The first-order chi connectivity index (χ1) is 12.9. The number of hydrogen-bond donors (Lipinski definition) is 0. The fourth-order valence-electron chi connectivity index (χ4n) is 3.38. The van der Waals surface area contributed by atoms with Crippen molar-refractivity contribution in [1.29, 1.82) is 0 Å². The molecule has 1 heteroatoms. The summed E-state index contributed by atoms with van der Waals surface area (Å²) >= 11 is 0. The smallest absolute Gasteiger partial charge is 0.354 e. The Labute approximate surface area is 183 Å². The van der Waals surface area contributed by atoms with E-state index in [-0.39, 0.29) is 19.5 Å². The molecule has 1 aliphatic rings. The maximum absolute atomic E-state index is 3.75. The molecule has 0 radical (unpaired) electrons. The first-order valence-corrected chi connectivity index (χ1v) is 11.2. The molecule has 0 heterocycles. The van der Waals surface area contributed by atoms with Gasteiger partial charge >= 0.3 is 19.5 Å². The van der Waals surface area contributed by atoms with E-state index in [9.17, 15) is 0 Å². The van der Waals surface area contributed by atoms with Gasteiger partial charge in [-0.05, 0) is 64.2 Å². The van der Waals surface area contributed by atoms with E-state index in [0.717, 1.165) is 12.3 Å². The molecule has 0 nitrogen and oxygen atoms in total. The topological polar surface area (TPSA) is 0 Å². The molecular weight excluding hydrogens is 413 g/mol. The SMILES string of the molecule is C=CCCC/C=C/CCC/C=C/CCC/C=C/CCC[CH-]C1[CH-]CCC1.[Ru+2]. The molecule has 0 bridgehead atoms. The van der Waals surface area contributed by atoms with Crippen LogP contribution >= 0.6 is 0 Å². The Morgan fingerprint density at radius 3 is 1.67 bits per heavy atom. The van der Waals surface area contributed by atoms with Crippen molar-refractivity contribution in [3.8, 4) is 0 Å². The van der Waals surface area contributed by atoms with Gasteiger partial charge in [-0.3, -0.25) is 5.92 Å². The fourth-order valence-corrected chi connectivity index (χ4v) is 3.38. The standard InChI is InChI=1S/C26H42.Ru/c1-2-3-4-5-6-7-8-9-10-11-12-13-14-15-16-17-18-19-20-23-26-24-21-22-25-26;/h2,6-7,11-12,16-17,23-24,26H,1,3-5,8-10,13-15,18-22,25H2;/q-2;+2/b7-6+,12-11+,17-16+;. The maximum Gasteiger partial charge on any atom is 2.00 e. The normalized spacial score (nSPS) is 17.3. The summed E-state index contributed by atoms with van der Waals surface area (Å²) in [6, 6.07) is 0. The van der Waals surface area contributed by atoms with E-state index in [4.69, 9.17) is 0 Å². The quantitative estimate of drug-likeness (QED) is 0.0890. The number of allylic oxidation sites excluding steroid dienone is 7. The van der Waals surface area contributed by atoms with Crippen LogP contribution in [0.25, 0.3) is 0 Å². The summed E-state index contributed by atoms with van der Waals surface area (Å²) in [6.45, 7) is 3.75. The van der Waals surface area contributed by atoms with Gasteiger partial charge in [-0.15, -0.1) is 13.0 Å². The summed E-state index contributed by atoms with van der Waals surface area (Å²) in [5, 5.41) is 0. The van der Waals surface area contributed by atoms with Crippen LogP contribution in [0, 0.1) is 18.8 Å². The first-order valence-electron chi connectivity index (χ1n) is 11.2. The molecule has 1 fully saturated rings. The largest absolute Gasteiger partial charge is 2.00 e. The molecule has 1 aliphatic carbocycles. The molecule has 27 heavy (non-hydrogen) atoms. The molecule has 0 aliphatic heterocycles. The third-order valence-corrected chi connectivity index (χ3v) is 5.02. The van der Waals surface area contributed by atoms with Crippen LogP contribution in [-0.2, 0) is 19.5 Å². The van der Waals surface area contributed by atoms with Crippen LogP contribution in [0.15, 0.2) is 49.1 Å². The second-order valence-corrected chi connectivity index (χ2v) is 7.49. The van der Waals surface area contributed by atoms with E-state index < -0.39 is 0 Å². The second-order valence-electron chi connectivity index (χ2n) is 7.49. The van der Waals surface area contributed by atoms with Gasteiger partial charge in [0.25, 0.3) is 0 Å². The molecule has 0 aromatic rings. The predicted octanol–water partition coefficient (Wildman–Crippen LogP) is 8.73. The van der Waals surface area contributed by atoms with Gasteiger partial charge in [0.05, 0.1) is 0 Å². The van der Waals surface area contributed by atoms with Gasteiger partial charge in [-0.2, -0.15) is 12.8 Å². The summed E-state index contributed by atoms with van der Waals surface area (Å²) in [7, 11) is 0. The van der Waals surface area contributed by atoms with Gasteiger partial charge in [0.2, 0.25) is 0 Å². The zero-order valence-corrected chi connectivity index (χ0v) is 19.2. The minimum Gasteiger partial charge on any atom is -0.354 e. The van der Waals surface area contributed by atoms with Crippen molar-refractivity contribution < 1.29 is 19.5 Å². The molecule has 0 aromatic carbocycles. The third-order valence-electron chi connectivity index (χ3n) is 5.02. The van der Waals surface area contributed by atoms with Crippen LogP contribution in [0.4, 0.5) is 0 Å². The van der Waals surface area contributed by atoms with Crippen LogP contribution < -0.4 is 0 Å². The molecule has 0 saturated heterocycles. The van der Waals surface area contributed by atoms with Crippen LogP contribution in [0.2, 0.25) is 0 Å². The average molecular weight is 456 g/mol.